The number of hydrogen-bond acceptors (Lipinski definition) is 2. The normalized spacial score (nSPS) is 9.33. The fourth-order valence-electron chi connectivity index (χ4n) is 1.96. The summed E-state index contributed by atoms with van der Waals surface area (Å²) in [6.45, 7) is 0. The lowest BCUT2D eigenvalue weighted by atomic mass is 10.1. The quantitative estimate of drug-likeness (QED) is 0.421. The average Bonchev–Trinajstić information content (AvgIpc) is 2.65. The minimum Gasteiger partial charge on any atom is -0.0622 e. The van der Waals surface area contributed by atoms with Crippen LogP contribution in [0.1, 0.15) is 11.1 Å². The second-order valence-corrected chi connectivity index (χ2v) is 6.59. The molecule has 0 atom stereocenters. The summed E-state index contributed by atoms with van der Waals surface area (Å²) in [5, 5.41) is 6.32. The van der Waals surface area contributed by atoms with E-state index >= 15 is 0 Å². The second-order valence-electron chi connectivity index (χ2n) is 4.83. The van der Waals surface area contributed by atoms with Crippen LogP contribution < -0.4 is 0 Å². The van der Waals surface area contributed by atoms with Gasteiger partial charge >= 0.3 is 0 Å². The average molecular weight is 342 g/mol. The highest BCUT2D eigenvalue weighted by Crippen LogP contribution is 2.17. The molecule has 2 heteroatoms. The lowest BCUT2D eigenvalue weighted by molar-refractivity contribution is 1.47. The van der Waals surface area contributed by atoms with Crippen molar-refractivity contribution in [2.24, 2.45) is 0 Å². The van der Waals surface area contributed by atoms with Gasteiger partial charge in [-0.25, -0.2) is 0 Å². The Kier molecular flexibility index (Phi) is 6.09. The Morgan fingerprint density at radius 1 is 0.458 bits per heavy atom. The number of thioether (sulfide) groups is 2. The highest BCUT2D eigenvalue weighted by atomic mass is 32.2. The molecule has 0 aromatic heterocycles. The topological polar surface area (TPSA) is 0 Å². The molecule has 3 rings (SSSR count). The van der Waals surface area contributed by atoms with Gasteiger partial charge in [0.1, 0.15) is 0 Å². The lowest BCUT2D eigenvalue weighted by Gasteiger charge is -1.96. The van der Waals surface area contributed by atoms with Crippen molar-refractivity contribution in [1.82, 2.24) is 0 Å². The molecular weight excluding hydrogens is 328 g/mol. The molecule has 0 radical (unpaired) electrons. The lowest BCUT2D eigenvalue weighted by Crippen LogP contribution is -1.81. The van der Waals surface area contributed by atoms with Crippen LogP contribution in [0.5, 0.6) is 0 Å². The molecule has 3 aromatic rings. The first kappa shape index (κ1) is 16.3. The minimum atomic E-state index is 0.960. The smallest absolute Gasteiger partial charge is 0.0411 e. The molecule has 0 fully saturated rings. The Balaban J connectivity index is 1.72. The van der Waals surface area contributed by atoms with Crippen molar-refractivity contribution in [3.05, 3.63) is 96.1 Å². The van der Waals surface area contributed by atoms with Gasteiger partial charge < -0.3 is 0 Å². The Morgan fingerprint density at radius 3 is 1.25 bits per heavy atom. The summed E-state index contributed by atoms with van der Waals surface area (Å²) in [5.41, 5.74) is 1.92. The maximum atomic E-state index is 3.21. The third-order valence-electron chi connectivity index (χ3n) is 3.12. The summed E-state index contributed by atoms with van der Waals surface area (Å²) in [4.78, 5) is 2.29. The molecule has 0 aliphatic heterocycles. The van der Waals surface area contributed by atoms with E-state index in [4.69, 9.17) is 0 Å². The third-order valence-corrected chi connectivity index (χ3v) is 4.55. The van der Waals surface area contributed by atoms with Crippen molar-refractivity contribution < 1.29 is 0 Å². The van der Waals surface area contributed by atoms with Gasteiger partial charge in [0.2, 0.25) is 0 Å². The number of benzene rings is 3. The summed E-state index contributed by atoms with van der Waals surface area (Å²) >= 11 is 3.06. The van der Waals surface area contributed by atoms with E-state index < -0.39 is 0 Å². The van der Waals surface area contributed by atoms with Crippen LogP contribution in [0.4, 0.5) is 0 Å². The summed E-state index contributed by atoms with van der Waals surface area (Å²) in [6, 6.07) is 28.3. The summed E-state index contributed by atoms with van der Waals surface area (Å²) in [5.74, 6) is 6.42. The van der Waals surface area contributed by atoms with Gasteiger partial charge in [-0.1, -0.05) is 60.4 Å². The van der Waals surface area contributed by atoms with Crippen molar-refractivity contribution in [3.8, 4) is 22.3 Å². The van der Waals surface area contributed by atoms with Crippen molar-refractivity contribution in [1.29, 1.82) is 0 Å². The van der Waals surface area contributed by atoms with Crippen LogP contribution in [0.2, 0.25) is 0 Å². The molecule has 3 aromatic carbocycles. The molecule has 0 saturated carbocycles. The Bertz CT molecular complexity index is 829. The van der Waals surface area contributed by atoms with Crippen molar-refractivity contribution >= 4 is 23.5 Å². The van der Waals surface area contributed by atoms with Gasteiger partial charge in [-0.05, 0) is 70.4 Å². The SMILES string of the molecule is C(#Cc1ccccc1C#CSc1ccccc1)Sc1ccccc1. The number of rotatable bonds is 2. The molecule has 0 N–H and O–H groups in total. The Hall–Kier alpha value is -2.52. The van der Waals surface area contributed by atoms with E-state index in [-0.39, 0.29) is 0 Å². The van der Waals surface area contributed by atoms with Crippen LogP contribution in [0.15, 0.2) is 94.7 Å². The van der Waals surface area contributed by atoms with Crippen LogP contribution >= 0.6 is 23.5 Å². The van der Waals surface area contributed by atoms with Gasteiger partial charge in [0.05, 0.1) is 0 Å². The summed E-state index contributed by atoms with van der Waals surface area (Å²) in [7, 11) is 0. The summed E-state index contributed by atoms with van der Waals surface area (Å²) < 4.78 is 0. The van der Waals surface area contributed by atoms with Crippen LogP contribution in [-0.4, -0.2) is 0 Å². The zero-order chi connectivity index (χ0) is 16.5. The van der Waals surface area contributed by atoms with E-state index in [1.807, 2.05) is 60.7 Å². The molecular formula is C22H14S2. The third kappa shape index (κ3) is 5.00. The standard InChI is InChI=1S/C22H14S2/c1-3-11-21(12-4-1)23-17-15-19-9-7-8-10-20(19)16-18-24-22-13-5-2-6-14-22/h1-14H. The second kappa shape index (κ2) is 8.94. The van der Waals surface area contributed by atoms with Gasteiger partial charge in [-0.3, -0.25) is 0 Å². The molecule has 114 valence electrons. The zero-order valence-corrected chi connectivity index (χ0v) is 14.5. The van der Waals surface area contributed by atoms with E-state index in [1.54, 1.807) is 0 Å². The van der Waals surface area contributed by atoms with E-state index in [1.165, 1.54) is 23.5 Å². The zero-order valence-electron chi connectivity index (χ0n) is 12.9. The van der Waals surface area contributed by atoms with Gasteiger partial charge in [-0.2, -0.15) is 0 Å². The molecule has 0 heterocycles. The molecule has 0 aliphatic rings. The molecule has 24 heavy (non-hydrogen) atoms. The maximum absolute atomic E-state index is 3.21. The van der Waals surface area contributed by atoms with Crippen molar-refractivity contribution in [2.75, 3.05) is 0 Å². The highest BCUT2D eigenvalue weighted by molar-refractivity contribution is 8.04. The maximum Gasteiger partial charge on any atom is 0.0411 e. The van der Waals surface area contributed by atoms with E-state index in [0.717, 1.165) is 20.9 Å². The largest absolute Gasteiger partial charge is 0.0622 e. The van der Waals surface area contributed by atoms with E-state index in [0.29, 0.717) is 0 Å². The molecule has 0 saturated heterocycles. The molecule has 0 aliphatic carbocycles. The molecule has 0 unspecified atom stereocenters. The first-order chi connectivity index (χ1) is 11.9. The van der Waals surface area contributed by atoms with Crippen molar-refractivity contribution in [2.45, 2.75) is 9.79 Å². The van der Waals surface area contributed by atoms with Crippen LogP contribution in [0, 0.1) is 22.3 Å². The molecule has 0 bridgehead atoms. The summed E-state index contributed by atoms with van der Waals surface area (Å²) in [6.07, 6.45) is 0. The van der Waals surface area contributed by atoms with Crippen LogP contribution in [0.25, 0.3) is 0 Å². The molecule has 0 nitrogen and oxygen atoms in total. The predicted molar refractivity (Wildman–Crippen MR) is 105 cm³/mol. The number of hydrogen-bond donors (Lipinski definition) is 0. The Labute approximate surface area is 151 Å². The van der Waals surface area contributed by atoms with Gasteiger partial charge in [-0.15, -0.1) is 0 Å². The first-order valence-corrected chi connectivity index (χ1v) is 9.10. The Morgan fingerprint density at radius 2 is 0.833 bits per heavy atom. The highest BCUT2D eigenvalue weighted by Gasteiger charge is 1.95. The van der Waals surface area contributed by atoms with Gasteiger partial charge in [0.25, 0.3) is 0 Å². The fourth-order valence-corrected chi connectivity index (χ4v) is 3.10. The monoisotopic (exact) mass is 342 g/mol. The van der Waals surface area contributed by atoms with Crippen LogP contribution in [-0.2, 0) is 0 Å². The van der Waals surface area contributed by atoms with Gasteiger partial charge in [0.15, 0.2) is 0 Å². The molecule has 0 spiro atoms. The van der Waals surface area contributed by atoms with Crippen LogP contribution in [0.3, 0.4) is 0 Å². The van der Waals surface area contributed by atoms with Gasteiger partial charge in [0, 0.05) is 20.9 Å². The van der Waals surface area contributed by atoms with E-state index in [2.05, 4.69) is 46.6 Å². The first-order valence-electron chi connectivity index (χ1n) is 7.47. The van der Waals surface area contributed by atoms with Crippen molar-refractivity contribution in [3.63, 3.8) is 0 Å². The predicted octanol–water partition coefficient (Wildman–Crippen LogP) is 5.89. The fraction of sp³-hybridized carbons (Fsp3) is 0. The molecule has 0 amide bonds. The van der Waals surface area contributed by atoms with E-state index in [9.17, 15) is 0 Å². The minimum absolute atomic E-state index is 0.960.